The monoisotopic (exact) mass is 555 g/mol. The van der Waals surface area contributed by atoms with E-state index in [4.69, 9.17) is 5.41 Å². The normalized spacial score (nSPS) is 14.3. The summed E-state index contributed by atoms with van der Waals surface area (Å²) in [5.41, 5.74) is 0.855. The van der Waals surface area contributed by atoms with Crippen molar-refractivity contribution >= 4 is 5.91 Å². The molecule has 1 amide bonds. The molecule has 2 aromatic carbocycles. The van der Waals surface area contributed by atoms with Gasteiger partial charge in [0.05, 0.1) is 11.7 Å². The van der Waals surface area contributed by atoms with Gasteiger partial charge in [0.2, 0.25) is 0 Å². The highest BCUT2D eigenvalue weighted by Gasteiger charge is 2.35. The topological polar surface area (TPSA) is 75.7 Å². The summed E-state index contributed by atoms with van der Waals surface area (Å²) < 4.78 is 70.4. The number of alkyl halides is 3. The Hall–Kier alpha value is -4.28. The summed E-state index contributed by atoms with van der Waals surface area (Å²) in [5, 5.41) is 14.6. The van der Waals surface area contributed by atoms with Gasteiger partial charge in [0.1, 0.15) is 5.82 Å². The standard InChI is InChI=1S/C29H26F5N5O/c1-16-10-19(7-8-22(16)30)26(18-5-6-18)36-28(40)21-12-17(15-39-9-3-4-23(31)27(39)35)11-20(13-21)24-14-25(29(32,33)34)37-38(24)2/h3-4,7-14,18,26,35H,5-6,15H2,1-2H3,(H,36,40). The zero-order chi connectivity index (χ0) is 28.8. The third-order valence-electron chi connectivity index (χ3n) is 7.02. The van der Waals surface area contributed by atoms with Crippen LogP contribution in [-0.4, -0.2) is 20.3 Å². The number of benzene rings is 2. The van der Waals surface area contributed by atoms with Crippen molar-refractivity contribution in [3.05, 3.63) is 106 Å². The van der Waals surface area contributed by atoms with E-state index < -0.39 is 23.6 Å². The van der Waals surface area contributed by atoms with Crippen molar-refractivity contribution in [3.8, 4) is 11.3 Å². The maximum Gasteiger partial charge on any atom is 0.435 e. The van der Waals surface area contributed by atoms with Crippen LogP contribution in [0.25, 0.3) is 11.3 Å². The first kappa shape index (κ1) is 27.3. The van der Waals surface area contributed by atoms with Crippen molar-refractivity contribution < 1.29 is 26.7 Å². The molecular formula is C29H26F5N5O. The van der Waals surface area contributed by atoms with Gasteiger partial charge in [0.25, 0.3) is 5.91 Å². The molecule has 0 radical (unpaired) electrons. The number of hydrogen-bond acceptors (Lipinski definition) is 3. The summed E-state index contributed by atoms with van der Waals surface area (Å²) in [4.78, 5) is 13.6. The molecule has 0 spiro atoms. The smallest absolute Gasteiger partial charge is 0.345 e. The largest absolute Gasteiger partial charge is 0.435 e. The summed E-state index contributed by atoms with van der Waals surface area (Å²) in [6, 6.07) is 12.5. The van der Waals surface area contributed by atoms with E-state index in [1.165, 1.54) is 36.0 Å². The third kappa shape index (κ3) is 5.68. The molecule has 40 heavy (non-hydrogen) atoms. The molecule has 5 rings (SSSR count). The van der Waals surface area contributed by atoms with E-state index in [0.29, 0.717) is 16.7 Å². The third-order valence-corrected chi connectivity index (χ3v) is 7.02. The van der Waals surface area contributed by atoms with Crippen LogP contribution < -0.4 is 10.8 Å². The van der Waals surface area contributed by atoms with Gasteiger partial charge in [-0.25, -0.2) is 8.78 Å². The van der Waals surface area contributed by atoms with Crippen molar-refractivity contribution in [3.63, 3.8) is 0 Å². The van der Waals surface area contributed by atoms with E-state index in [1.807, 2.05) is 0 Å². The molecule has 2 heterocycles. The molecule has 6 nitrogen and oxygen atoms in total. The molecule has 4 aromatic rings. The number of rotatable bonds is 7. The average Bonchev–Trinajstić information content (AvgIpc) is 3.66. The summed E-state index contributed by atoms with van der Waals surface area (Å²) in [5.74, 6) is -1.37. The van der Waals surface area contributed by atoms with Gasteiger partial charge >= 0.3 is 6.18 Å². The fourth-order valence-corrected chi connectivity index (χ4v) is 4.78. The van der Waals surface area contributed by atoms with Crippen LogP contribution in [0.15, 0.2) is 60.8 Å². The number of amides is 1. The van der Waals surface area contributed by atoms with E-state index in [-0.39, 0.29) is 41.1 Å². The van der Waals surface area contributed by atoms with Gasteiger partial charge < -0.3 is 9.88 Å². The van der Waals surface area contributed by atoms with Gasteiger partial charge in [0.15, 0.2) is 17.0 Å². The number of nitrogens with one attached hydrogen (secondary N) is 2. The van der Waals surface area contributed by atoms with Gasteiger partial charge in [-0.1, -0.05) is 12.1 Å². The first-order chi connectivity index (χ1) is 18.9. The number of halogens is 5. The molecule has 1 aliphatic rings. The second kappa shape index (κ2) is 10.4. The van der Waals surface area contributed by atoms with E-state index in [2.05, 4.69) is 10.4 Å². The number of nitrogens with zero attached hydrogens (tertiary/aromatic N) is 3. The Morgan fingerprint density at radius 2 is 1.85 bits per heavy atom. The Kier molecular flexibility index (Phi) is 7.07. The number of carbonyl (C=O) groups is 1. The maximum absolute atomic E-state index is 14.0. The van der Waals surface area contributed by atoms with Crippen LogP contribution in [0.5, 0.6) is 0 Å². The first-order valence-electron chi connectivity index (χ1n) is 12.6. The minimum atomic E-state index is -4.66. The van der Waals surface area contributed by atoms with E-state index in [1.54, 1.807) is 31.2 Å². The quantitative estimate of drug-likeness (QED) is 0.279. The van der Waals surface area contributed by atoms with Crippen molar-refractivity contribution in [2.24, 2.45) is 13.0 Å². The molecule has 2 N–H and O–H groups in total. The Balaban J connectivity index is 1.55. The zero-order valence-corrected chi connectivity index (χ0v) is 21.7. The van der Waals surface area contributed by atoms with Crippen LogP contribution in [-0.2, 0) is 19.8 Å². The lowest BCUT2D eigenvalue weighted by Gasteiger charge is -2.20. The molecule has 1 unspecified atom stereocenters. The summed E-state index contributed by atoms with van der Waals surface area (Å²) in [6.07, 6.45) is -1.37. The van der Waals surface area contributed by atoms with E-state index in [9.17, 15) is 26.7 Å². The summed E-state index contributed by atoms with van der Waals surface area (Å²) in [7, 11) is 1.38. The van der Waals surface area contributed by atoms with Gasteiger partial charge in [-0.2, -0.15) is 18.3 Å². The number of pyridine rings is 1. The van der Waals surface area contributed by atoms with Crippen LogP contribution >= 0.6 is 0 Å². The Morgan fingerprint density at radius 3 is 2.50 bits per heavy atom. The molecule has 0 bridgehead atoms. The Bertz CT molecular complexity index is 1650. The van der Waals surface area contributed by atoms with Gasteiger partial charge in [0, 0.05) is 30.9 Å². The molecule has 0 saturated heterocycles. The lowest BCUT2D eigenvalue weighted by Crippen LogP contribution is -2.30. The number of aromatic nitrogens is 3. The number of carbonyl (C=O) groups excluding carboxylic acids is 1. The van der Waals surface area contributed by atoms with E-state index in [0.717, 1.165) is 35.2 Å². The van der Waals surface area contributed by atoms with Crippen molar-refractivity contribution in [2.45, 2.75) is 38.5 Å². The molecule has 1 aliphatic carbocycles. The number of hydrogen-bond donors (Lipinski definition) is 2. The van der Waals surface area contributed by atoms with Crippen LogP contribution in [0.1, 0.15) is 51.6 Å². The average molecular weight is 556 g/mol. The summed E-state index contributed by atoms with van der Waals surface area (Å²) in [6.45, 7) is 1.64. The highest BCUT2D eigenvalue weighted by Crippen LogP contribution is 2.41. The predicted molar refractivity (Wildman–Crippen MR) is 137 cm³/mol. The highest BCUT2D eigenvalue weighted by molar-refractivity contribution is 5.96. The fourth-order valence-electron chi connectivity index (χ4n) is 4.78. The maximum atomic E-state index is 14.0. The molecule has 1 atom stereocenters. The van der Waals surface area contributed by atoms with Crippen LogP contribution in [0.2, 0.25) is 0 Å². The van der Waals surface area contributed by atoms with Crippen LogP contribution in [0.3, 0.4) is 0 Å². The summed E-state index contributed by atoms with van der Waals surface area (Å²) >= 11 is 0. The fraction of sp³-hybridized carbons (Fsp3) is 0.276. The Morgan fingerprint density at radius 1 is 1.10 bits per heavy atom. The predicted octanol–water partition coefficient (Wildman–Crippen LogP) is 5.90. The molecule has 0 aliphatic heterocycles. The first-order valence-corrected chi connectivity index (χ1v) is 12.6. The van der Waals surface area contributed by atoms with Crippen LogP contribution in [0, 0.1) is 29.9 Å². The SMILES string of the molecule is Cc1cc(C(NC(=O)c2cc(Cn3cccc(F)c3=N)cc(-c3cc(C(F)(F)F)nn3C)c2)C2CC2)ccc1F. The van der Waals surface area contributed by atoms with E-state index >= 15 is 0 Å². The second-order valence-electron chi connectivity index (χ2n) is 10.1. The number of aryl methyl sites for hydroxylation is 2. The van der Waals surface area contributed by atoms with Gasteiger partial charge in [-0.3, -0.25) is 14.9 Å². The molecule has 1 saturated carbocycles. The molecular weight excluding hydrogens is 529 g/mol. The lowest BCUT2D eigenvalue weighted by atomic mass is 9.98. The highest BCUT2D eigenvalue weighted by atomic mass is 19.4. The van der Waals surface area contributed by atoms with Gasteiger partial charge in [-0.15, -0.1) is 0 Å². The minimum absolute atomic E-state index is 0.00208. The van der Waals surface area contributed by atoms with Crippen molar-refractivity contribution in [1.29, 1.82) is 5.41 Å². The molecule has 11 heteroatoms. The molecule has 1 fully saturated rings. The van der Waals surface area contributed by atoms with Crippen molar-refractivity contribution in [1.82, 2.24) is 19.7 Å². The van der Waals surface area contributed by atoms with Gasteiger partial charge in [-0.05, 0) is 84.8 Å². The molecule has 208 valence electrons. The van der Waals surface area contributed by atoms with Crippen molar-refractivity contribution in [2.75, 3.05) is 0 Å². The zero-order valence-electron chi connectivity index (χ0n) is 21.7. The Labute approximate surface area is 226 Å². The lowest BCUT2D eigenvalue weighted by molar-refractivity contribution is -0.141. The second-order valence-corrected chi connectivity index (χ2v) is 10.1. The molecule has 2 aromatic heterocycles. The minimum Gasteiger partial charge on any atom is -0.345 e. The van der Waals surface area contributed by atoms with Crippen LogP contribution in [0.4, 0.5) is 22.0 Å².